The lowest BCUT2D eigenvalue weighted by Gasteiger charge is -2.14. The van der Waals surface area contributed by atoms with E-state index in [1.54, 1.807) is 14.2 Å². The minimum Gasteiger partial charge on any atom is -0.398 e. The summed E-state index contributed by atoms with van der Waals surface area (Å²) >= 11 is 0. The van der Waals surface area contributed by atoms with Crippen LogP contribution in [0.5, 0.6) is 0 Å². The summed E-state index contributed by atoms with van der Waals surface area (Å²) in [5, 5.41) is 3.53. The topological polar surface area (TPSA) is 68.2 Å². The molecule has 0 rings (SSSR count). The normalized spacial score (nSPS) is 11.2. The summed E-state index contributed by atoms with van der Waals surface area (Å²) in [4.78, 5) is 26.3. The molecule has 0 aliphatic carbocycles. The van der Waals surface area contributed by atoms with Gasteiger partial charge in [0.1, 0.15) is 25.1 Å². The van der Waals surface area contributed by atoms with Crippen LogP contribution in [0.2, 0.25) is 0 Å². The van der Waals surface area contributed by atoms with Gasteiger partial charge in [0, 0.05) is 20.6 Å². The van der Waals surface area contributed by atoms with E-state index in [9.17, 15) is 14.0 Å². The van der Waals surface area contributed by atoms with E-state index in [2.05, 4.69) is 14.7 Å². The minimum atomic E-state index is -0.436. The van der Waals surface area contributed by atoms with Gasteiger partial charge in [-0.05, 0) is 19.8 Å². The van der Waals surface area contributed by atoms with E-state index in [0.717, 1.165) is 11.2 Å². The number of amidine groups is 1. The van der Waals surface area contributed by atoms with Crippen molar-refractivity contribution in [2.45, 2.75) is 26.2 Å². The molecule has 0 atom stereocenters. The first-order chi connectivity index (χ1) is 9.56. The van der Waals surface area contributed by atoms with Gasteiger partial charge in [-0.25, -0.2) is 4.39 Å². The molecule has 0 saturated heterocycles. The summed E-state index contributed by atoms with van der Waals surface area (Å²) in [6.07, 6.45) is 4.11. The van der Waals surface area contributed by atoms with Gasteiger partial charge >= 0.3 is 0 Å². The SMILES string of the molecule is CO/N=C(/C)N(C=O)C/C(F)=C\CCCC=O.COC. The Morgan fingerprint density at radius 3 is 2.30 bits per heavy atom. The number of unbranched alkanes of at least 4 members (excludes halogenated alkanes) is 2. The third-order valence-electron chi connectivity index (χ3n) is 1.98. The number of halogens is 1. The zero-order chi connectivity index (χ0) is 15.8. The summed E-state index contributed by atoms with van der Waals surface area (Å²) in [5.41, 5.74) is 0. The van der Waals surface area contributed by atoms with Gasteiger partial charge < -0.3 is 14.4 Å². The van der Waals surface area contributed by atoms with E-state index in [1.807, 2.05) is 0 Å². The Labute approximate surface area is 119 Å². The Morgan fingerprint density at radius 1 is 1.25 bits per heavy atom. The molecule has 0 N–H and O–H groups in total. The third-order valence-corrected chi connectivity index (χ3v) is 1.98. The molecule has 0 aliphatic heterocycles. The lowest BCUT2D eigenvalue weighted by Crippen LogP contribution is -2.29. The average molecular weight is 290 g/mol. The van der Waals surface area contributed by atoms with Crippen molar-refractivity contribution in [3.8, 4) is 0 Å². The summed E-state index contributed by atoms with van der Waals surface area (Å²) < 4.78 is 17.6. The van der Waals surface area contributed by atoms with Crippen LogP contribution in [0.15, 0.2) is 17.1 Å². The number of carbonyl (C=O) groups is 2. The molecule has 0 bridgehead atoms. The maximum absolute atomic E-state index is 13.3. The van der Waals surface area contributed by atoms with E-state index in [1.165, 1.54) is 20.1 Å². The summed E-state index contributed by atoms with van der Waals surface area (Å²) in [5.74, 6) is -0.160. The number of nitrogens with zero attached hydrogens (tertiary/aromatic N) is 2. The summed E-state index contributed by atoms with van der Waals surface area (Å²) in [7, 11) is 4.60. The highest BCUT2D eigenvalue weighted by atomic mass is 19.1. The molecule has 20 heavy (non-hydrogen) atoms. The Bertz CT molecular complexity index is 319. The van der Waals surface area contributed by atoms with Crippen molar-refractivity contribution < 1.29 is 23.6 Å². The largest absolute Gasteiger partial charge is 0.398 e. The predicted molar refractivity (Wildman–Crippen MR) is 74.9 cm³/mol. The maximum atomic E-state index is 13.3. The van der Waals surface area contributed by atoms with E-state index in [-0.39, 0.29) is 12.4 Å². The fourth-order valence-electron chi connectivity index (χ4n) is 1.10. The first kappa shape index (κ1) is 20.6. The summed E-state index contributed by atoms with van der Waals surface area (Å²) in [6.45, 7) is 1.36. The molecule has 6 nitrogen and oxygen atoms in total. The van der Waals surface area contributed by atoms with Gasteiger partial charge in [0.25, 0.3) is 0 Å². The minimum absolute atomic E-state index is 0.177. The van der Waals surface area contributed by atoms with Crippen LogP contribution in [0.25, 0.3) is 0 Å². The number of allylic oxidation sites excluding steroid dienone is 1. The third kappa shape index (κ3) is 12.7. The standard InChI is InChI=1S/C11H17FN2O3.C2H6O/c1-10(13-17-2)14(9-16)8-11(12)6-4-3-5-7-15;1-3-2/h6-7,9H,3-5,8H2,1-2H3;1-2H3/b11-6+,13-10-;. The predicted octanol–water partition coefficient (Wildman–Crippen LogP) is 1.91. The molecule has 0 heterocycles. The molecule has 0 saturated carbocycles. The number of carbonyl (C=O) groups excluding carboxylic acids is 2. The fraction of sp³-hybridized carbons (Fsp3) is 0.615. The molecule has 0 radical (unpaired) electrons. The Morgan fingerprint density at radius 2 is 1.85 bits per heavy atom. The molecule has 0 aliphatic rings. The number of methoxy groups -OCH3 is 1. The lowest BCUT2D eigenvalue weighted by atomic mass is 10.2. The maximum Gasteiger partial charge on any atom is 0.215 e. The van der Waals surface area contributed by atoms with E-state index < -0.39 is 5.83 Å². The number of amides is 1. The molecule has 0 aromatic rings. The van der Waals surface area contributed by atoms with Gasteiger partial charge in [-0.2, -0.15) is 0 Å². The van der Waals surface area contributed by atoms with Crippen LogP contribution in [-0.2, 0) is 19.2 Å². The zero-order valence-electron chi connectivity index (χ0n) is 12.5. The second-order valence-electron chi connectivity index (χ2n) is 3.71. The van der Waals surface area contributed by atoms with Crippen LogP contribution in [-0.4, -0.2) is 51.3 Å². The van der Waals surface area contributed by atoms with Crippen LogP contribution in [0.1, 0.15) is 26.2 Å². The van der Waals surface area contributed by atoms with Crippen molar-refractivity contribution in [1.29, 1.82) is 0 Å². The van der Waals surface area contributed by atoms with Gasteiger partial charge in [-0.15, -0.1) is 0 Å². The smallest absolute Gasteiger partial charge is 0.215 e. The molecule has 0 unspecified atom stereocenters. The van der Waals surface area contributed by atoms with Crippen molar-refractivity contribution in [1.82, 2.24) is 4.90 Å². The van der Waals surface area contributed by atoms with Crippen molar-refractivity contribution in [3.63, 3.8) is 0 Å². The van der Waals surface area contributed by atoms with Crippen molar-refractivity contribution >= 4 is 18.5 Å². The van der Waals surface area contributed by atoms with E-state index in [0.29, 0.717) is 25.7 Å². The van der Waals surface area contributed by atoms with E-state index >= 15 is 0 Å². The monoisotopic (exact) mass is 290 g/mol. The Balaban J connectivity index is 0. The van der Waals surface area contributed by atoms with Crippen molar-refractivity contribution in [2.75, 3.05) is 27.9 Å². The molecule has 1 amide bonds. The van der Waals surface area contributed by atoms with Crippen LogP contribution in [0.4, 0.5) is 4.39 Å². The zero-order valence-corrected chi connectivity index (χ0v) is 12.5. The fourth-order valence-corrected chi connectivity index (χ4v) is 1.10. The highest BCUT2D eigenvalue weighted by molar-refractivity contribution is 5.88. The summed E-state index contributed by atoms with van der Waals surface area (Å²) in [6, 6.07) is 0. The highest BCUT2D eigenvalue weighted by Crippen LogP contribution is 2.05. The van der Waals surface area contributed by atoms with Crippen molar-refractivity contribution in [3.05, 3.63) is 11.9 Å². The van der Waals surface area contributed by atoms with Gasteiger partial charge in [0.15, 0.2) is 0 Å². The number of oxime groups is 1. The molecule has 7 heteroatoms. The first-order valence-corrected chi connectivity index (χ1v) is 6.05. The Hall–Kier alpha value is -1.76. The average Bonchev–Trinajstić information content (AvgIpc) is 2.42. The molecular weight excluding hydrogens is 267 g/mol. The second-order valence-corrected chi connectivity index (χ2v) is 3.71. The molecule has 116 valence electrons. The number of aldehydes is 1. The number of hydrogen-bond acceptors (Lipinski definition) is 5. The Kier molecular flexibility index (Phi) is 15.7. The molecular formula is C13H23FN2O4. The van der Waals surface area contributed by atoms with Crippen molar-refractivity contribution in [2.24, 2.45) is 5.16 Å². The van der Waals surface area contributed by atoms with Gasteiger partial charge in [0.05, 0.1) is 6.54 Å². The molecule has 0 fully saturated rings. The highest BCUT2D eigenvalue weighted by Gasteiger charge is 2.08. The van der Waals surface area contributed by atoms with Gasteiger partial charge in [-0.3, -0.25) is 9.69 Å². The lowest BCUT2D eigenvalue weighted by molar-refractivity contribution is -0.114. The van der Waals surface area contributed by atoms with E-state index in [4.69, 9.17) is 0 Å². The molecule has 0 aromatic carbocycles. The van der Waals surface area contributed by atoms with Crippen LogP contribution >= 0.6 is 0 Å². The molecule has 0 spiro atoms. The van der Waals surface area contributed by atoms with Gasteiger partial charge in [0.2, 0.25) is 6.41 Å². The second kappa shape index (κ2) is 15.3. The first-order valence-electron chi connectivity index (χ1n) is 6.05. The van der Waals surface area contributed by atoms with Crippen LogP contribution in [0, 0.1) is 0 Å². The quantitative estimate of drug-likeness (QED) is 0.225. The van der Waals surface area contributed by atoms with Gasteiger partial charge in [-0.1, -0.05) is 11.2 Å². The van der Waals surface area contributed by atoms with Crippen LogP contribution in [0.3, 0.4) is 0 Å². The number of hydrogen-bond donors (Lipinski definition) is 0. The number of ether oxygens (including phenoxy) is 1. The molecule has 0 aromatic heterocycles. The van der Waals surface area contributed by atoms with Crippen LogP contribution < -0.4 is 0 Å². The number of rotatable bonds is 8.